The molecule has 4 rings (SSSR count). The molecule has 2 fully saturated rings. The number of hydrogen-bond acceptors (Lipinski definition) is 5. The van der Waals surface area contributed by atoms with Crippen molar-refractivity contribution in [2.24, 2.45) is 5.92 Å². The lowest BCUT2D eigenvalue weighted by molar-refractivity contribution is -0.135. The molecule has 35 heavy (non-hydrogen) atoms. The maximum atomic E-state index is 13.3. The Morgan fingerprint density at radius 1 is 0.943 bits per heavy atom. The van der Waals surface area contributed by atoms with E-state index < -0.39 is 23.8 Å². The second kappa shape index (κ2) is 11.5. The Hall–Kier alpha value is -3.19. The molecular weight excluding hydrogens is 442 g/mol. The van der Waals surface area contributed by atoms with Gasteiger partial charge in [-0.25, -0.2) is 4.79 Å². The molecule has 7 heteroatoms. The first kappa shape index (κ1) is 24.9. The molecule has 2 aromatic rings. The van der Waals surface area contributed by atoms with E-state index in [0.717, 1.165) is 29.2 Å². The number of rotatable bonds is 8. The summed E-state index contributed by atoms with van der Waals surface area (Å²) in [5.41, 5.74) is 1.23. The maximum absolute atomic E-state index is 13.3. The summed E-state index contributed by atoms with van der Waals surface area (Å²) in [7, 11) is 0. The van der Waals surface area contributed by atoms with Crippen molar-refractivity contribution >= 4 is 17.8 Å². The largest absolute Gasteiger partial charge is 0.494 e. The van der Waals surface area contributed by atoms with E-state index in [1.807, 2.05) is 31.2 Å². The van der Waals surface area contributed by atoms with Crippen LogP contribution < -0.4 is 4.74 Å². The van der Waals surface area contributed by atoms with Gasteiger partial charge in [0.05, 0.1) is 12.5 Å². The van der Waals surface area contributed by atoms with Gasteiger partial charge in [-0.1, -0.05) is 43.7 Å². The highest BCUT2D eigenvalue weighted by molar-refractivity contribution is 6.17. The number of hydrogen-bond donors (Lipinski definition) is 0. The number of piperidine rings is 1. The van der Waals surface area contributed by atoms with Gasteiger partial charge in [0.1, 0.15) is 5.75 Å². The molecule has 2 saturated heterocycles. The van der Waals surface area contributed by atoms with E-state index in [2.05, 4.69) is 4.90 Å². The average molecular weight is 478 g/mol. The zero-order valence-corrected chi connectivity index (χ0v) is 20.7. The van der Waals surface area contributed by atoms with E-state index in [1.165, 1.54) is 32.4 Å². The van der Waals surface area contributed by atoms with Crippen molar-refractivity contribution in [3.8, 4) is 5.75 Å². The van der Waals surface area contributed by atoms with Crippen LogP contribution in [0.5, 0.6) is 5.75 Å². The van der Waals surface area contributed by atoms with Gasteiger partial charge in [-0.15, -0.1) is 0 Å². The molecule has 0 aliphatic carbocycles. The number of nitrogens with zero attached hydrogens (tertiary/aromatic N) is 3. The summed E-state index contributed by atoms with van der Waals surface area (Å²) in [4.78, 5) is 44.0. The number of likely N-dealkylation sites (tertiary alicyclic amines) is 1. The Bertz CT molecular complexity index is 1020. The highest BCUT2D eigenvalue weighted by Gasteiger charge is 2.45. The molecule has 2 atom stereocenters. The summed E-state index contributed by atoms with van der Waals surface area (Å²) in [5.74, 6) is -0.726. The second-order valence-electron chi connectivity index (χ2n) is 9.53. The van der Waals surface area contributed by atoms with Crippen LogP contribution in [0.3, 0.4) is 0 Å². The average Bonchev–Trinajstić information content (AvgIpc) is 2.90. The molecule has 0 saturated carbocycles. The summed E-state index contributed by atoms with van der Waals surface area (Å²) in [6.07, 6.45) is 4.94. The third kappa shape index (κ3) is 5.90. The Morgan fingerprint density at radius 3 is 2.31 bits per heavy atom. The molecule has 0 spiro atoms. The summed E-state index contributed by atoms with van der Waals surface area (Å²) in [5, 5.41) is 0. The number of urea groups is 1. The van der Waals surface area contributed by atoms with Crippen LogP contribution >= 0.6 is 0 Å². The first-order valence-corrected chi connectivity index (χ1v) is 12.6. The lowest BCUT2D eigenvalue weighted by atomic mass is 9.96. The lowest BCUT2D eigenvalue weighted by Crippen LogP contribution is -2.61. The molecule has 2 aromatic carbocycles. The Morgan fingerprint density at radius 2 is 1.63 bits per heavy atom. The molecule has 2 heterocycles. The predicted octanol–water partition coefficient (Wildman–Crippen LogP) is 4.57. The fraction of sp³-hybridized carbons (Fsp3) is 0.464. The van der Waals surface area contributed by atoms with Crippen molar-refractivity contribution in [3.05, 3.63) is 65.7 Å². The number of benzene rings is 2. The number of amides is 4. The number of imide groups is 3. The molecule has 2 aliphatic rings. The highest BCUT2D eigenvalue weighted by Crippen LogP contribution is 2.27. The minimum atomic E-state index is -0.586. The first-order valence-electron chi connectivity index (χ1n) is 12.6. The monoisotopic (exact) mass is 477 g/mol. The van der Waals surface area contributed by atoms with Gasteiger partial charge in [0.15, 0.2) is 0 Å². The molecular formula is C28H35N3O4. The topological polar surface area (TPSA) is 70.2 Å². The molecule has 7 nitrogen and oxygen atoms in total. The number of carbonyl (C=O) groups is 3. The minimum Gasteiger partial charge on any atom is -0.494 e. The van der Waals surface area contributed by atoms with E-state index >= 15 is 0 Å². The zero-order chi connectivity index (χ0) is 24.8. The van der Waals surface area contributed by atoms with Crippen LogP contribution in [0.1, 0.15) is 55.5 Å². The molecule has 2 aliphatic heterocycles. The van der Waals surface area contributed by atoms with Gasteiger partial charge in [-0.2, -0.15) is 4.90 Å². The molecule has 0 radical (unpaired) electrons. The van der Waals surface area contributed by atoms with Gasteiger partial charge in [-0.3, -0.25) is 9.59 Å². The van der Waals surface area contributed by atoms with Crippen LogP contribution in [0, 0.1) is 5.92 Å². The Balaban J connectivity index is 1.35. The van der Waals surface area contributed by atoms with Crippen LogP contribution in [0.25, 0.3) is 0 Å². The van der Waals surface area contributed by atoms with Crippen molar-refractivity contribution in [1.29, 1.82) is 0 Å². The van der Waals surface area contributed by atoms with E-state index in [-0.39, 0.29) is 6.04 Å². The van der Waals surface area contributed by atoms with Crippen LogP contribution in [0.4, 0.5) is 4.79 Å². The lowest BCUT2D eigenvalue weighted by Gasteiger charge is -2.41. The van der Waals surface area contributed by atoms with Crippen LogP contribution in [0.2, 0.25) is 0 Å². The first-order chi connectivity index (χ1) is 17.0. The van der Waals surface area contributed by atoms with Crippen molar-refractivity contribution in [2.45, 2.75) is 52.1 Å². The number of carbonyl (C=O) groups excluding carboxylic acids is 3. The van der Waals surface area contributed by atoms with E-state index in [4.69, 9.17) is 4.74 Å². The second-order valence-corrected chi connectivity index (χ2v) is 9.53. The fourth-order valence-corrected chi connectivity index (χ4v) is 4.73. The molecule has 0 aromatic heterocycles. The summed E-state index contributed by atoms with van der Waals surface area (Å²) in [6, 6.07) is 15.2. The molecule has 4 amide bonds. The fourth-order valence-electron chi connectivity index (χ4n) is 4.73. The smallest absolute Gasteiger partial charge is 0.334 e. The normalized spacial score (nSPS) is 21.3. The summed E-state index contributed by atoms with van der Waals surface area (Å²) in [6.45, 7) is 8.06. The van der Waals surface area contributed by atoms with E-state index in [9.17, 15) is 14.4 Å². The van der Waals surface area contributed by atoms with Crippen molar-refractivity contribution in [2.75, 3.05) is 26.2 Å². The highest BCUT2D eigenvalue weighted by atomic mass is 16.5. The Labute approximate surface area is 207 Å². The molecule has 186 valence electrons. The third-order valence-corrected chi connectivity index (χ3v) is 7.10. The molecule has 0 bridgehead atoms. The third-order valence-electron chi connectivity index (χ3n) is 7.10. The van der Waals surface area contributed by atoms with Gasteiger partial charge < -0.3 is 14.5 Å². The van der Waals surface area contributed by atoms with Crippen LogP contribution in [-0.2, 0) is 11.3 Å². The van der Waals surface area contributed by atoms with Crippen molar-refractivity contribution in [1.82, 2.24) is 14.7 Å². The van der Waals surface area contributed by atoms with Gasteiger partial charge in [-0.05, 0) is 69.1 Å². The van der Waals surface area contributed by atoms with Gasteiger partial charge in [0.25, 0.3) is 5.91 Å². The van der Waals surface area contributed by atoms with Crippen molar-refractivity contribution < 1.29 is 19.1 Å². The Kier molecular flexibility index (Phi) is 8.18. The standard InChI is InChI=1S/C28H35N3O4/c1-21-22(2)30(28(34)31(26(21)32)27(33)24-10-5-3-6-11-24)20-23-12-14-25(15-13-23)35-19-9-18-29-16-7-4-8-17-29/h3,5-6,10-15,21-22H,4,7-9,16-20H2,1-2H3. The van der Waals surface area contributed by atoms with E-state index in [1.54, 1.807) is 42.2 Å². The van der Waals surface area contributed by atoms with Crippen molar-refractivity contribution in [3.63, 3.8) is 0 Å². The van der Waals surface area contributed by atoms with Crippen LogP contribution in [0.15, 0.2) is 54.6 Å². The minimum absolute atomic E-state index is 0.311. The van der Waals surface area contributed by atoms with Crippen LogP contribution in [-0.4, -0.2) is 64.8 Å². The molecule has 0 N–H and O–H groups in total. The van der Waals surface area contributed by atoms with E-state index in [0.29, 0.717) is 18.7 Å². The van der Waals surface area contributed by atoms with Gasteiger partial charge in [0, 0.05) is 24.7 Å². The summed E-state index contributed by atoms with van der Waals surface area (Å²) < 4.78 is 5.91. The quantitative estimate of drug-likeness (QED) is 0.411. The predicted molar refractivity (Wildman–Crippen MR) is 134 cm³/mol. The summed E-state index contributed by atoms with van der Waals surface area (Å²) >= 11 is 0. The van der Waals surface area contributed by atoms with Gasteiger partial charge in [0.2, 0.25) is 5.91 Å². The maximum Gasteiger partial charge on any atom is 0.334 e. The molecule has 2 unspecified atom stereocenters. The SMILES string of the molecule is CC1C(=O)N(C(=O)c2ccccc2)C(=O)N(Cc2ccc(OCCCN3CCCCC3)cc2)C1C. The number of ether oxygens (including phenoxy) is 1. The zero-order valence-electron chi connectivity index (χ0n) is 20.7. The van der Waals surface area contributed by atoms with Gasteiger partial charge >= 0.3 is 6.03 Å².